The molecule has 2 unspecified atom stereocenters. The van der Waals surface area contributed by atoms with Gasteiger partial charge in [0, 0.05) is 0 Å². The van der Waals surface area contributed by atoms with E-state index in [2.05, 4.69) is 6.92 Å². The van der Waals surface area contributed by atoms with Crippen LogP contribution in [-0.2, 0) is 9.47 Å². The average molecular weight is 195 g/mol. The topological polar surface area (TPSA) is 21.8 Å². The molecular weight excluding hydrogens is 176 g/mol. The smallest absolute Gasteiger partial charge is 0.192 e. The molecule has 1 aliphatic rings. The van der Waals surface area contributed by atoms with Crippen LogP contribution in [0.3, 0.4) is 0 Å². The molecule has 0 aliphatic carbocycles. The molecule has 1 heterocycles. The van der Waals surface area contributed by atoms with Gasteiger partial charge in [-0.05, 0) is 20.3 Å². The highest BCUT2D eigenvalue weighted by Gasteiger charge is 2.50. The molecule has 0 amide bonds. The molecule has 0 N–H and O–H groups in total. The van der Waals surface area contributed by atoms with E-state index in [-0.39, 0.29) is 18.2 Å². The zero-order valence-corrected chi connectivity index (χ0v) is 8.95. The Hall–Kier alpha value is 0.210. The number of unbranched alkanes of at least 4 members (excludes halogenated alkanes) is 2. The van der Waals surface area contributed by atoms with Gasteiger partial charge in [0.2, 0.25) is 0 Å². The van der Waals surface area contributed by atoms with Gasteiger partial charge in [-0.15, -0.1) is 12.4 Å². The number of ether oxygens (including phenoxy) is 2. The molecule has 1 aliphatic heterocycles. The van der Waals surface area contributed by atoms with Crippen molar-refractivity contribution in [3.05, 3.63) is 0 Å². The van der Waals surface area contributed by atoms with E-state index < -0.39 is 0 Å². The van der Waals surface area contributed by atoms with E-state index in [1.807, 2.05) is 13.8 Å². The van der Waals surface area contributed by atoms with Crippen LogP contribution in [-0.4, -0.2) is 18.5 Å². The van der Waals surface area contributed by atoms with Crippen molar-refractivity contribution in [1.82, 2.24) is 0 Å². The molecule has 0 aromatic carbocycles. The SMILES string of the molecule is CCCCCOC1(C)OC1C.Cl. The maximum Gasteiger partial charge on any atom is 0.192 e. The fraction of sp³-hybridized carbons (Fsp3) is 1.00. The van der Waals surface area contributed by atoms with E-state index in [0.29, 0.717) is 6.10 Å². The van der Waals surface area contributed by atoms with Gasteiger partial charge in [-0.1, -0.05) is 19.8 Å². The summed E-state index contributed by atoms with van der Waals surface area (Å²) in [6.07, 6.45) is 3.95. The minimum absolute atomic E-state index is 0. The first-order chi connectivity index (χ1) is 5.19. The van der Waals surface area contributed by atoms with E-state index >= 15 is 0 Å². The van der Waals surface area contributed by atoms with E-state index in [9.17, 15) is 0 Å². The van der Waals surface area contributed by atoms with Gasteiger partial charge in [0.25, 0.3) is 0 Å². The Balaban J connectivity index is 0.00000121. The van der Waals surface area contributed by atoms with Crippen molar-refractivity contribution in [2.24, 2.45) is 0 Å². The molecule has 3 heteroatoms. The minimum Gasteiger partial charge on any atom is -0.348 e. The lowest BCUT2D eigenvalue weighted by Gasteiger charge is -2.06. The van der Waals surface area contributed by atoms with Gasteiger partial charge >= 0.3 is 0 Å². The largest absolute Gasteiger partial charge is 0.348 e. The highest BCUT2D eigenvalue weighted by atomic mass is 35.5. The van der Waals surface area contributed by atoms with Gasteiger partial charge in [-0.3, -0.25) is 0 Å². The molecular formula is C9H19ClO2. The third kappa shape index (κ3) is 3.30. The maximum absolute atomic E-state index is 5.53. The fourth-order valence-corrected chi connectivity index (χ4v) is 1.10. The summed E-state index contributed by atoms with van der Waals surface area (Å²) in [6.45, 7) is 7.08. The molecule has 0 aromatic heterocycles. The van der Waals surface area contributed by atoms with Crippen LogP contribution in [0.4, 0.5) is 0 Å². The van der Waals surface area contributed by atoms with Gasteiger partial charge in [0.1, 0.15) is 6.10 Å². The standard InChI is InChI=1S/C9H18O2.ClH/c1-4-5-6-7-10-9(3)8(2)11-9;/h8H,4-7H2,1-3H3;1H. The highest BCUT2D eigenvalue weighted by molar-refractivity contribution is 5.85. The third-order valence-corrected chi connectivity index (χ3v) is 2.23. The van der Waals surface area contributed by atoms with Gasteiger partial charge in [0.15, 0.2) is 5.79 Å². The second kappa shape index (κ2) is 5.05. The molecule has 0 spiro atoms. The summed E-state index contributed by atoms with van der Waals surface area (Å²) < 4.78 is 10.8. The van der Waals surface area contributed by atoms with Gasteiger partial charge in [-0.2, -0.15) is 0 Å². The fourth-order valence-electron chi connectivity index (χ4n) is 1.10. The van der Waals surface area contributed by atoms with Crippen LogP contribution < -0.4 is 0 Å². The van der Waals surface area contributed by atoms with Crippen LogP contribution in [0.2, 0.25) is 0 Å². The molecule has 1 saturated heterocycles. The Bertz CT molecular complexity index is 130. The molecule has 0 bridgehead atoms. The Labute approximate surface area is 81.0 Å². The molecule has 1 fully saturated rings. The summed E-state index contributed by atoms with van der Waals surface area (Å²) in [7, 11) is 0. The molecule has 0 aromatic rings. The second-order valence-corrected chi connectivity index (χ2v) is 3.33. The minimum atomic E-state index is -0.242. The lowest BCUT2D eigenvalue weighted by molar-refractivity contribution is -0.0311. The first-order valence-electron chi connectivity index (χ1n) is 4.51. The Morgan fingerprint density at radius 2 is 2.00 bits per heavy atom. The van der Waals surface area contributed by atoms with Crippen LogP contribution in [0.25, 0.3) is 0 Å². The van der Waals surface area contributed by atoms with Crippen LogP contribution in [0, 0.1) is 0 Å². The van der Waals surface area contributed by atoms with Crippen molar-refractivity contribution in [3.8, 4) is 0 Å². The van der Waals surface area contributed by atoms with Gasteiger partial charge in [-0.25, -0.2) is 0 Å². The Kier molecular flexibility index (Phi) is 5.14. The summed E-state index contributed by atoms with van der Waals surface area (Å²) in [5.41, 5.74) is 0. The van der Waals surface area contributed by atoms with Crippen molar-refractivity contribution in [1.29, 1.82) is 0 Å². The van der Waals surface area contributed by atoms with E-state index in [0.717, 1.165) is 13.0 Å². The zero-order chi connectivity index (χ0) is 8.32. The molecule has 12 heavy (non-hydrogen) atoms. The number of rotatable bonds is 5. The Morgan fingerprint density at radius 3 is 2.42 bits per heavy atom. The van der Waals surface area contributed by atoms with E-state index in [1.165, 1.54) is 12.8 Å². The summed E-state index contributed by atoms with van der Waals surface area (Å²) in [5.74, 6) is -0.242. The van der Waals surface area contributed by atoms with Crippen molar-refractivity contribution >= 4 is 12.4 Å². The number of epoxide rings is 1. The number of hydrogen-bond acceptors (Lipinski definition) is 2. The average Bonchev–Trinajstić information content (AvgIpc) is 2.54. The molecule has 1 rings (SSSR count). The van der Waals surface area contributed by atoms with Gasteiger partial charge in [0.05, 0.1) is 6.61 Å². The van der Waals surface area contributed by atoms with Crippen LogP contribution in [0.1, 0.15) is 40.0 Å². The first kappa shape index (κ1) is 12.2. The zero-order valence-electron chi connectivity index (χ0n) is 8.13. The molecule has 2 atom stereocenters. The van der Waals surface area contributed by atoms with Crippen molar-refractivity contribution in [2.45, 2.75) is 51.9 Å². The second-order valence-electron chi connectivity index (χ2n) is 3.33. The summed E-state index contributed by atoms with van der Waals surface area (Å²) >= 11 is 0. The molecule has 0 radical (unpaired) electrons. The predicted octanol–water partition coefficient (Wildman–Crippen LogP) is 2.75. The number of halogens is 1. The van der Waals surface area contributed by atoms with E-state index in [1.54, 1.807) is 0 Å². The van der Waals surface area contributed by atoms with Crippen LogP contribution in [0.5, 0.6) is 0 Å². The quantitative estimate of drug-likeness (QED) is 0.496. The normalized spacial score (nSPS) is 32.8. The monoisotopic (exact) mass is 194 g/mol. The van der Waals surface area contributed by atoms with E-state index in [4.69, 9.17) is 9.47 Å². The lowest BCUT2D eigenvalue weighted by Crippen LogP contribution is -2.14. The van der Waals surface area contributed by atoms with Crippen molar-refractivity contribution in [2.75, 3.05) is 6.61 Å². The summed E-state index contributed by atoms with van der Waals surface area (Å²) in [4.78, 5) is 0. The third-order valence-electron chi connectivity index (χ3n) is 2.23. The maximum atomic E-state index is 5.53. The van der Waals surface area contributed by atoms with Crippen LogP contribution in [0.15, 0.2) is 0 Å². The summed E-state index contributed by atoms with van der Waals surface area (Å²) in [6, 6.07) is 0. The van der Waals surface area contributed by atoms with Crippen molar-refractivity contribution in [3.63, 3.8) is 0 Å². The summed E-state index contributed by atoms with van der Waals surface area (Å²) in [5, 5.41) is 0. The highest BCUT2D eigenvalue weighted by Crippen LogP contribution is 2.36. The lowest BCUT2D eigenvalue weighted by atomic mass is 10.2. The van der Waals surface area contributed by atoms with Crippen LogP contribution >= 0.6 is 12.4 Å². The molecule has 2 nitrogen and oxygen atoms in total. The Morgan fingerprint density at radius 1 is 1.42 bits per heavy atom. The van der Waals surface area contributed by atoms with Gasteiger partial charge < -0.3 is 9.47 Å². The molecule has 74 valence electrons. The number of hydrogen-bond donors (Lipinski definition) is 0. The predicted molar refractivity (Wildman–Crippen MR) is 51.7 cm³/mol. The molecule has 0 saturated carbocycles. The first-order valence-corrected chi connectivity index (χ1v) is 4.51. The van der Waals surface area contributed by atoms with Crippen molar-refractivity contribution < 1.29 is 9.47 Å².